The standard InChI is InChI=1S/C13H16Cl2N4/c1-3-6-19-12(8-17-18-19)13(16-2)10-7-9(14)4-5-11(10)15/h4-5,7-8,13,16H,3,6H2,1-2H3. The zero-order valence-electron chi connectivity index (χ0n) is 10.9. The van der Waals surface area contributed by atoms with Gasteiger partial charge in [-0.1, -0.05) is 35.3 Å². The lowest BCUT2D eigenvalue weighted by atomic mass is 10.0. The molecule has 6 heteroatoms. The van der Waals surface area contributed by atoms with Gasteiger partial charge in [0.25, 0.3) is 0 Å². The minimum atomic E-state index is -0.0762. The van der Waals surface area contributed by atoms with Crippen molar-refractivity contribution < 1.29 is 0 Å². The summed E-state index contributed by atoms with van der Waals surface area (Å²) in [5.41, 5.74) is 1.91. The third-order valence-electron chi connectivity index (χ3n) is 2.94. The third-order valence-corrected chi connectivity index (χ3v) is 3.52. The van der Waals surface area contributed by atoms with Gasteiger partial charge in [-0.2, -0.15) is 0 Å². The second-order valence-corrected chi connectivity index (χ2v) is 5.11. The summed E-state index contributed by atoms with van der Waals surface area (Å²) in [5.74, 6) is 0. The molecule has 0 radical (unpaired) electrons. The van der Waals surface area contributed by atoms with E-state index in [1.807, 2.05) is 17.8 Å². The van der Waals surface area contributed by atoms with Crippen molar-refractivity contribution in [1.29, 1.82) is 0 Å². The van der Waals surface area contributed by atoms with Gasteiger partial charge in [0.2, 0.25) is 0 Å². The summed E-state index contributed by atoms with van der Waals surface area (Å²) in [4.78, 5) is 0. The average Bonchev–Trinajstić information content (AvgIpc) is 2.83. The van der Waals surface area contributed by atoms with E-state index in [2.05, 4.69) is 22.6 Å². The molecule has 0 aliphatic rings. The zero-order valence-corrected chi connectivity index (χ0v) is 12.4. The quantitative estimate of drug-likeness (QED) is 0.921. The van der Waals surface area contributed by atoms with E-state index in [1.54, 1.807) is 18.3 Å². The smallest absolute Gasteiger partial charge is 0.0802 e. The van der Waals surface area contributed by atoms with Gasteiger partial charge in [0.15, 0.2) is 0 Å². The summed E-state index contributed by atoms with van der Waals surface area (Å²) in [7, 11) is 1.88. The SMILES string of the molecule is CCCn1nncc1C(NC)c1cc(Cl)ccc1Cl. The van der Waals surface area contributed by atoms with Crippen molar-refractivity contribution in [3.8, 4) is 0 Å². The third kappa shape index (κ3) is 3.08. The van der Waals surface area contributed by atoms with E-state index >= 15 is 0 Å². The number of benzene rings is 1. The highest BCUT2D eigenvalue weighted by atomic mass is 35.5. The predicted octanol–water partition coefficient (Wildman–Crippen LogP) is 3.30. The van der Waals surface area contributed by atoms with Crippen LogP contribution in [0.15, 0.2) is 24.4 Å². The maximum Gasteiger partial charge on any atom is 0.0802 e. The summed E-state index contributed by atoms with van der Waals surface area (Å²) >= 11 is 12.3. The van der Waals surface area contributed by atoms with Gasteiger partial charge in [-0.05, 0) is 37.2 Å². The number of hydrogen-bond donors (Lipinski definition) is 1. The van der Waals surface area contributed by atoms with Crippen LogP contribution in [0.3, 0.4) is 0 Å². The molecule has 0 spiro atoms. The first kappa shape index (κ1) is 14.3. The van der Waals surface area contributed by atoms with Crippen LogP contribution in [-0.4, -0.2) is 22.0 Å². The highest BCUT2D eigenvalue weighted by molar-refractivity contribution is 6.33. The Balaban J connectivity index is 2.44. The van der Waals surface area contributed by atoms with Gasteiger partial charge in [0.1, 0.15) is 0 Å². The minimum absolute atomic E-state index is 0.0762. The summed E-state index contributed by atoms with van der Waals surface area (Å²) in [6.07, 6.45) is 2.75. The fourth-order valence-electron chi connectivity index (χ4n) is 2.07. The van der Waals surface area contributed by atoms with Crippen LogP contribution in [0.2, 0.25) is 10.0 Å². The van der Waals surface area contributed by atoms with Crippen molar-refractivity contribution in [2.75, 3.05) is 7.05 Å². The second-order valence-electron chi connectivity index (χ2n) is 4.27. The molecule has 1 heterocycles. The summed E-state index contributed by atoms with van der Waals surface area (Å²) in [5, 5.41) is 12.7. The molecule has 1 atom stereocenters. The van der Waals surface area contributed by atoms with Crippen molar-refractivity contribution in [2.45, 2.75) is 25.9 Å². The van der Waals surface area contributed by atoms with E-state index in [-0.39, 0.29) is 6.04 Å². The topological polar surface area (TPSA) is 42.7 Å². The molecule has 0 bridgehead atoms. The highest BCUT2D eigenvalue weighted by Gasteiger charge is 2.20. The molecule has 102 valence electrons. The van der Waals surface area contributed by atoms with Crippen LogP contribution < -0.4 is 5.32 Å². The van der Waals surface area contributed by atoms with Crippen LogP contribution in [0.4, 0.5) is 0 Å². The fourth-order valence-corrected chi connectivity index (χ4v) is 2.48. The Bertz CT molecular complexity index is 553. The summed E-state index contributed by atoms with van der Waals surface area (Å²) in [6.45, 7) is 2.93. The second kappa shape index (κ2) is 6.37. The van der Waals surface area contributed by atoms with E-state index in [9.17, 15) is 0 Å². The van der Waals surface area contributed by atoms with Crippen molar-refractivity contribution in [3.05, 3.63) is 45.7 Å². The molecule has 0 fully saturated rings. The highest BCUT2D eigenvalue weighted by Crippen LogP contribution is 2.30. The van der Waals surface area contributed by atoms with Gasteiger partial charge in [-0.3, -0.25) is 0 Å². The number of nitrogens with zero attached hydrogens (tertiary/aromatic N) is 3. The molecule has 2 aromatic rings. The fraction of sp³-hybridized carbons (Fsp3) is 0.385. The number of nitrogens with one attached hydrogen (secondary N) is 1. The van der Waals surface area contributed by atoms with E-state index in [0.29, 0.717) is 10.0 Å². The lowest BCUT2D eigenvalue weighted by Gasteiger charge is -2.19. The first-order valence-electron chi connectivity index (χ1n) is 6.18. The first-order valence-corrected chi connectivity index (χ1v) is 6.93. The number of aryl methyl sites for hydroxylation is 1. The number of hydrogen-bond acceptors (Lipinski definition) is 3. The normalized spacial score (nSPS) is 12.6. The number of halogens is 2. The maximum absolute atomic E-state index is 6.27. The summed E-state index contributed by atoms with van der Waals surface area (Å²) in [6, 6.07) is 5.38. The van der Waals surface area contributed by atoms with Crippen molar-refractivity contribution >= 4 is 23.2 Å². The van der Waals surface area contributed by atoms with Crippen LogP contribution >= 0.6 is 23.2 Å². The average molecular weight is 299 g/mol. The molecule has 4 nitrogen and oxygen atoms in total. The van der Waals surface area contributed by atoms with Gasteiger partial charge in [0, 0.05) is 16.6 Å². The Labute approximate surface area is 122 Å². The Morgan fingerprint density at radius 1 is 1.37 bits per heavy atom. The molecule has 19 heavy (non-hydrogen) atoms. The lowest BCUT2D eigenvalue weighted by Crippen LogP contribution is -2.22. The molecule has 0 aliphatic carbocycles. The lowest BCUT2D eigenvalue weighted by molar-refractivity contribution is 0.523. The van der Waals surface area contributed by atoms with E-state index in [4.69, 9.17) is 23.2 Å². The Morgan fingerprint density at radius 2 is 2.16 bits per heavy atom. The van der Waals surface area contributed by atoms with Gasteiger partial charge in [-0.25, -0.2) is 4.68 Å². The van der Waals surface area contributed by atoms with Crippen LogP contribution in [0.25, 0.3) is 0 Å². The number of aromatic nitrogens is 3. The molecule has 1 aromatic carbocycles. The van der Waals surface area contributed by atoms with Gasteiger partial charge in [0.05, 0.1) is 17.9 Å². The summed E-state index contributed by atoms with van der Waals surface area (Å²) < 4.78 is 1.89. The van der Waals surface area contributed by atoms with Crippen LogP contribution in [0, 0.1) is 0 Å². The minimum Gasteiger partial charge on any atom is -0.308 e. The Kier molecular flexibility index (Phi) is 4.80. The van der Waals surface area contributed by atoms with Crippen LogP contribution in [0.1, 0.15) is 30.6 Å². The van der Waals surface area contributed by atoms with Crippen LogP contribution in [-0.2, 0) is 6.54 Å². The van der Waals surface area contributed by atoms with Crippen LogP contribution in [0.5, 0.6) is 0 Å². The molecule has 0 amide bonds. The molecule has 1 unspecified atom stereocenters. The van der Waals surface area contributed by atoms with E-state index in [0.717, 1.165) is 24.2 Å². The largest absolute Gasteiger partial charge is 0.308 e. The molecular weight excluding hydrogens is 283 g/mol. The Hall–Kier alpha value is -1.10. The van der Waals surface area contributed by atoms with E-state index in [1.165, 1.54) is 0 Å². The molecule has 1 N–H and O–H groups in total. The monoisotopic (exact) mass is 298 g/mol. The molecule has 0 aliphatic heterocycles. The number of rotatable bonds is 5. The van der Waals surface area contributed by atoms with Gasteiger partial charge < -0.3 is 5.32 Å². The molecule has 0 saturated carbocycles. The maximum atomic E-state index is 6.27. The van der Waals surface area contributed by atoms with Gasteiger partial charge in [-0.15, -0.1) is 5.10 Å². The molecule has 2 rings (SSSR count). The molecular formula is C13H16Cl2N4. The predicted molar refractivity (Wildman–Crippen MR) is 77.7 cm³/mol. The van der Waals surface area contributed by atoms with E-state index < -0.39 is 0 Å². The van der Waals surface area contributed by atoms with Crippen molar-refractivity contribution in [1.82, 2.24) is 20.3 Å². The van der Waals surface area contributed by atoms with Gasteiger partial charge >= 0.3 is 0 Å². The molecule has 1 aromatic heterocycles. The van der Waals surface area contributed by atoms with Crippen molar-refractivity contribution in [2.24, 2.45) is 0 Å². The first-order chi connectivity index (χ1) is 9.17. The zero-order chi connectivity index (χ0) is 13.8. The Morgan fingerprint density at radius 3 is 2.84 bits per heavy atom. The molecule has 0 saturated heterocycles. The van der Waals surface area contributed by atoms with Crippen molar-refractivity contribution in [3.63, 3.8) is 0 Å².